The van der Waals surface area contributed by atoms with Crippen molar-refractivity contribution >= 4 is 28.9 Å². The molecular weight excluding hydrogens is 364 g/mol. The monoisotopic (exact) mass is 384 g/mol. The van der Waals surface area contributed by atoms with Gasteiger partial charge in [0.05, 0.1) is 19.9 Å². The van der Waals surface area contributed by atoms with Crippen molar-refractivity contribution in [2.45, 2.75) is 6.42 Å². The lowest BCUT2D eigenvalue weighted by molar-refractivity contribution is 0.395. The Hall–Kier alpha value is -2.99. The van der Waals surface area contributed by atoms with E-state index in [4.69, 9.17) is 21.1 Å². The van der Waals surface area contributed by atoms with Gasteiger partial charge in [-0.3, -0.25) is 0 Å². The topological polar surface area (TPSA) is 68.3 Å². The number of nitrogens with one attached hydrogen (secondary N) is 2. The fourth-order valence-corrected chi connectivity index (χ4v) is 2.67. The second-order valence-corrected chi connectivity index (χ2v) is 6.22. The zero-order valence-corrected chi connectivity index (χ0v) is 16.0. The van der Waals surface area contributed by atoms with Gasteiger partial charge >= 0.3 is 0 Å². The molecule has 0 saturated carbocycles. The van der Waals surface area contributed by atoms with E-state index in [1.54, 1.807) is 14.2 Å². The number of benzene rings is 2. The Morgan fingerprint density at radius 1 is 0.926 bits per heavy atom. The van der Waals surface area contributed by atoms with Crippen LogP contribution in [0.4, 0.5) is 17.3 Å². The zero-order chi connectivity index (χ0) is 19.1. The van der Waals surface area contributed by atoms with Gasteiger partial charge in [0.25, 0.3) is 0 Å². The minimum atomic E-state index is 0.669. The average Bonchev–Trinajstić information content (AvgIpc) is 2.70. The first-order chi connectivity index (χ1) is 13.2. The predicted octanol–water partition coefficient (Wildman–Crippen LogP) is 4.55. The number of halogens is 1. The molecule has 2 N–H and O–H groups in total. The van der Waals surface area contributed by atoms with E-state index in [2.05, 4.69) is 20.6 Å². The van der Waals surface area contributed by atoms with Crippen molar-refractivity contribution in [3.8, 4) is 11.5 Å². The summed E-state index contributed by atoms with van der Waals surface area (Å²) in [5.74, 6) is 2.81. The first-order valence-electron chi connectivity index (χ1n) is 8.47. The molecule has 0 saturated heterocycles. The molecule has 1 aromatic heterocycles. The summed E-state index contributed by atoms with van der Waals surface area (Å²) in [6.45, 7) is 0.754. The molecule has 6 nitrogen and oxygen atoms in total. The summed E-state index contributed by atoms with van der Waals surface area (Å²) in [5.41, 5.74) is 2.01. The average molecular weight is 385 g/mol. The lowest BCUT2D eigenvalue weighted by atomic mass is 10.1. The van der Waals surface area contributed by atoms with Crippen LogP contribution < -0.4 is 20.1 Å². The van der Waals surface area contributed by atoms with Gasteiger partial charge < -0.3 is 20.1 Å². The fourth-order valence-electron chi connectivity index (χ4n) is 2.55. The van der Waals surface area contributed by atoms with E-state index in [9.17, 15) is 0 Å². The molecule has 27 heavy (non-hydrogen) atoms. The van der Waals surface area contributed by atoms with Crippen molar-refractivity contribution in [2.75, 3.05) is 31.4 Å². The van der Waals surface area contributed by atoms with E-state index in [0.717, 1.165) is 35.2 Å². The summed E-state index contributed by atoms with van der Waals surface area (Å²) in [6, 6.07) is 15.2. The Kier molecular flexibility index (Phi) is 6.33. The summed E-state index contributed by atoms with van der Waals surface area (Å²) in [5, 5.41) is 7.29. The van der Waals surface area contributed by atoms with Crippen molar-refractivity contribution in [2.24, 2.45) is 0 Å². The molecule has 0 unspecified atom stereocenters. The maximum absolute atomic E-state index is 5.91. The number of methoxy groups -OCH3 is 2. The van der Waals surface area contributed by atoms with Gasteiger partial charge in [0.1, 0.15) is 29.5 Å². The second kappa shape index (κ2) is 9.09. The minimum absolute atomic E-state index is 0.669. The SMILES string of the molecule is COc1ccc(Nc2cc(NCCc3ccc(Cl)cc3)ncn2)c(OC)c1. The molecule has 0 fully saturated rings. The highest BCUT2D eigenvalue weighted by atomic mass is 35.5. The van der Waals surface area contributed by atoms with Gasteiger partial charge in [0.2, 0.25) is 0 Å². The third-order valence-corrected chi connectivity index (χ3v) is 4.22. The molecule has 1 heterocycles. The van der Waals surface area contributed by atoms with Gasteiger partial charge in [-0.05, 0) is 36.2 Å². The molecule has 3 aromatic rings. The summed E-state index contributed by atoms with van der Waals surface area (Å²) in [6.07, 6.45) is 2.39. The Morgan fingerprint density at radius 2 is 1.70 bits per heavy atom. The molecular formula is C20H21ClN4O2. The van der Waals surface area contributed by atoms with Gasteiger partial charge in [-0.15, -0.1) is 0 Å². The molecule has 140 valence electrons. The van der Waals surface area contributed by atoms with Crippen molar-refractivity contribution in [1.29, 1.82) is 0 Å². The number of hydrogen-bond acceptors (Lipinski definition) is 6. The predicted molar refractivity (Wildman–Crippen MR) is 109 cm³/mol. The van der Waals surface area contributed by atoms with E-state index in [1.165, 1.54) is 11.9 Å². The van der Waals surface area contributed by atoms with Crippen molar-refractivity contribution in [1.82, 2.24) is 9.97 Å². The molecule has 0 bridgehead atoms. The molecule has 0 amide bonds. The first-order valence-corrected chi connectivity index (χ1v) is 8.85. The summed E-state index contributed by atoms with van der Waals surface area (Å²) >= 11 is 5.91. The molecule has 2 aromatic carbocycles. The van der Waals surface area contributed by atoms with E-state index in [1.807, 2.05) is 48.5 Å². The fraction of sp³-hybridized carbons (Fsp3) is 0.200. The normalized spacial score (nSPS) is 10.3. The van der Waals surface area contributed by atoms with Gasteiger partial charge in [-0.2, -0.15) is 0 Å². The maximum atomic E-state index is 5.91. The van der Waals surface area contributed by atoms with Crippen molar-refractivity contribution < 1.29 is 9.47 Å². The Morgan fingerprint density at radius 3 is 2.44 bits per heavy atom. The van der Waals surface area contributed by atoms with Crippen LogP contribution in [0.2, 0.25) is 5.02 Å². The quantitative estimate of drug-likeness (QED) is 0.594. The van der Waals surface area contributed by atoms with Crippen LogP contribution in [0.3, 0.4) is 0 Å². The van der Waals surface area contributed by atoms with Gasteiger partial charge in [-0.25, -0.2) is 9.97 Å². The number of rotatable bonds is 8. The summed E-state index contributed by atoms with van der Waals surface area (Å²) < 4.78 is 10.6. The third kappa shape index (κ3) is 5.24. The van der Waals surface area contributed by atoms with Crippen LogP contribution in [0.15, 0.2) is 54.9 Å². The van der Waals surface area contributed by atoms with Gasteiger partial charge in [0, 0.05) is 23.7 Å². The van der Waals surface area contributed by atoms with E-state index in [-0.39, 0.29) is 0 Å². The molecule has 0 aliphatic heterocycles. The number of ether oxygens (including phenoxy) is 2. The molecule has 0 atom stereocenters. The maximum Gasteiger partial charge on any atom is 0.146 e. The van der Waals surface area contributed by atoms with E-state index in [0.29, 0.717) is 11.6 Å². The highest BCUT2D eigenvalue weighted by molar-refractivity contribution is 6.30. The van der Waals surface area contributed by atoms with Crippen LogP contribution in [0.1, 0.15) is 5.56 Å². The van der Waals surface area contributed by atoms with Crippen LogP contribution in [0.25, 0.3) is 0 Å². The van der Waals surface area contributed by atoms with Crippen molar-refractivity contribution in [3.05, 3.63) is 65.4 Å². The first kappa shape index (κ1) is 18.8. The molecule has 0 aliphatic carbocycles. The van der Waals surface area contributed by atoms with Crippen LogP contribution in [0.5, 0.6) is 11.5 Å². The number of anilines is 3. The van der Waals surface area contributed by atoms with E-state index < -0.39 is 0 Å². The summed E-state index contributed by atoms with van der Waals surface area (Å²) in [4.78, 5) is 8.53. The Labute approximate surface area is 163 Å². The Balaban J connectivity index is 1.62. The van der Waals surface area contributed by atoms with Crippen LogP contribution in [-0.2, 0) is 6.42 Å². The lowest BCUT2D eigenvalue weighted by Gasteiger charge is -2.12. The molecule has 0 radical (unpaired) electrons. The third-order valence-electron chi connectivity index (χ3n) is 3.97. The van der Waals surface area contributed by atoms with E-state index >= 15 is 0 Å². The summed E-state index contributed by atoms with van der Waals surface area (Å²) in [7, 11) is 3.23. The van der Waals surface area contributed by atoms with Crippen LogP contribution in [-0.4, -0.2) is 30.7 Å². The van der Waals surface area contributed by atoms with Crippen LogP contribution >= 0.6 is 11.6 Å². The minimum Gasteiger partial charge on any atom is -0.497 e. The lowest BCUT2D eigenvalue weighted by Crippen LogP contribution is -2.07. The van der Waals surface area contributed by atoms with Gasteiger partial charge in [0.15, 0.2) is 0 Å². The zero-order valence-electron chi connectivity index (χ0n) is 15.2. The largest absolute Gasteiger partial charge is 0.497 e. The highest BCUT2D eigenvalue weighted by Gasteiger charge is 2.07. The molecule has 0 spiro atoms. The molecule has 3 rings (SSSR count). The van der Waals surface area contributed by atoms with Crippen LogP contribution in [0, 0.1) is 0 Å². The number of aromatic nitrogens is 2. The second-order valence-electron chi connectivity index (χ2n) is 5.78. The van der Waals surface area contributed by atoms with Gasteiger partial charge in [-0.1, -0.05) is 23.7 Å². The Bertz CT molecular complexity index is 887. The number of hydrogen-bond donors (Lipinski definition) is 2. The molecule has 7 heteroatoms. The molecule has 0 aliphatic rings. The standard InChI is InChI=1S/C20H21ClN4O2/c1-26-16-7-8-17(18(11-16)27-2)25-20-12-19(23-13-24-20)22-10-9-14-3-5-15(21)6-4-14/h3-8,11-13H,9-10H2,1-2H3,(H2,22,23,24,25). The highest BCUT2D eigenvalue weighted by Crippen LogP contribution is 2.31. The smallest absolute Gasteiger partial charge is 0.146 e. The van der Waals surface area contributed by atoms with Crippen molar-refractivity contribution in [3.63, 3.8) is 0 Å². The number of nitrogens with zero attached hydrogens (tertiary/aromatic N) is 2.